The van der Waals surface area contributed by atoms with E-state index in [-0.39, 0.29) is 0 Å². The molecule has 54 valence electrons. The molecule has 0 radical (unpaired) electrons. The first-order valence-electron chi connectivity index (χ1n) is 2.88. The predicted octanol–water partition coefficient (Wildman–Crippen LogP) is 2.42. The first-order chi connectivity index (χ1) is 4.84. The molecule has 0 amide bonds. The average molecular weight is 202 g/mol. The van der Waals surface area contributed by atoms with Crippen molar-refractivity contribution in [2.24, 2.45) is 0 Å². The number of nitrogens with one attached hydrogen (secondary N) is 1. The van der Waals surface area contributed by atoms with Crippen LogP contribution in [0.4, 0.5) is 5.69 Å². The number of para-hydroxylation sites is 1. The van der Waals surface area contributed by atoms with Crippen molar-refractivity contribution in [2.45, 2.75) is 0 Å². The second kappa shape index (κ2) is 3.58. The average Bonchev–Trinajstić information content (AvgIpc) is 1.94. The van der Waals surface area contributed by atoms with Gasteiger partial charge >= 0.3 is 0 Å². The Bertz CT molecular complexity index is 215. The van der Waals surface area contributed by atoms with Gasteiger partial charge < -0.3 is 0 Å². The van der Waals surface area contributed by atoms with Crippen molar-refractivity contribution in [2.75, 3.05) is 12.6 Å². The highest BCUT2D eigenvalue weighted by molar-refractivity contribution is 9.10. The Morgan fingerprint density at radius 3 is 2.70 bits per heavy atom. The molecule has 0 atom stereocenters. The minimum Gasteiger partial charge on any atom is -0.279 e. The standard InChI is InChI=1S/C7H8BrNO/c1-10-9-7-5-3-2-4-6(7)8/h2-5,9H,1H3. The highest BCUT2D eigenvalue weighted by Crippen LogP contribution is 2.20. The van der Waals surface area contributed by atoms with Crippen LogP contribution in [0.25, 0.3) is 0 Å². The van der Waals surface area contributed by atoms with Gasteiger partial charge in [-0.2, -0.15) is 0 Å². The van der Waals surface area contributed by atoms with Gasteiger partial charge in [0.2, 0.25) is 0 Å². The molecule has 0 saturated heterocycles. The number of anilines is 1. The van der Waals surface area contributed by atoms with Crippen LogP contribution in [0.3, 0.4) is 0 Å². The molecular formula is C7H8BrNO. The summed E-state index contributed by atoms with van der Waals surface area (Å²) in [5, 5.41) is 0. The van der Waals surface area contributed by atoms with Gasteiger partial charge in [0.1, 0.15) is 0 Å². The number of benzene rings is 1. The Labute approximate surface area is 68.3 Å². The highest BCUT2D eigenvalue weighted by atomic mass is 79.9. The van der Waals surface area contributed by atoms with E-state index in [4.69, 9.17) is 4.84 Å². The minimum absolute atomic E-state index is 0.935. The van der Waals surface area contributed by atoms with Crippen LogP contribution >= 0.6 is 15.9 Å². The summed E-state index contributed by atoms with van der Waals surface area (Å²) in [6, 6.07) is 7.76. The van der Waals surface area contributed by atoms with E-state index in [9.17, 15) is 0 Å². The Balaban J connectivity index is 2.81. The van der Waals surface area contributed by atoms with Gasteiger partial charge in [0.25, 0.3) is 0 Å². The fourth-order valence-corrected chi connectivity index (χ4v) is 1.02. The summed E-state index contributed by atoms with van der Waals surface area (Å²) in [6.45, 7) is 0. The Hall–Kier alpha value is -0.540. The molecule has 1 N–H and O–H groups in total. The van der Waals surface area contributed by atoms with Crippen LogP contribution in [0.5, 0.6) is 0 Å². The molecule has 0 heterocycles. The summed E-state index contributed by atoms with van der Waals surface area (Å²) in [5.41, 5.74) is 3.66. The second-order valence-corrected chi connectivity index (χ2v) is 2.64. The van der Waals surface area contributed by atoms with Gasteiger partial charge in [0, 0.05) is 4.47 Å². The lowest BCUT2D eigenvalue weighted by atomic mass is 10.3. The summed E-state index contributed by atoms with van der Waals surface area (Å²) in [5.74, 6) is 0. The van der Waals surface area contributed by atoms with E-state index in [1.165, 1.54) is 0 Å². The molecule has 0 spiro atoms. The molecule has 0 bridgehead atoms. The molecule has 10 heavy (non-hydrogen) atoms. The molecule has 0 aliphatic carbocycles. The van der Waals surface area contributed by atoms with Crippen molar-refractivity contribution in [1.29, 1.82) is 0 Å². The van der Waals surface area contributed by atoms with Crippen LogP contribution in [-0.4, -0.2) is 7.11 Å². The van der Waals surface area contributed by atoms with E-state index in [2.05, 4.69) is 21.4 Å². The van der Waals surface area contributed by atoms with Crippen LogP contribution in [0.2, 0.25) is 0 Å². The Morgan fingerprint density at radius 1 is 1.40 bits per heavy atom. The van der Waals surface area contributed by atoms with Crippen molar-refractivity contribution in [3.05, 3.63) is 28.7 Å². The lowest BCUT2D eigenvalue weighted by molar-refractivity contribution is 0.271. The van der Waals surface area contributed by atoms with Gasteiger partial charge in [-0.15, -0.1) is 0 Å². The maximum Gasteiger partial charge on any atom is 0.0746 e. The van der Waals surface area contributed by atoms with Crippen LogP contribution in [0, 0.1) is 0 Å². The molecule has 0 aromatic heterocycles. The number of hydrogen-bond donors (Lipinski definition) is 1. The number of halogens is 1. The maximum atomic E-state index is 4.73. The molecular weight excluding hydrogens is 194 g/mol. The molecule has 3 heteroatoms. The first kappa shape index (κ1) is 7.57. The fraction of sp³-hybridized carbons (Fsp3) is 0.143. The largest absolute Gasteiger partial charge is 0.279 e. The third-order valence-corrected chi connectivity index (χ3v) is 1.78. The molecule has 0 aliphatic heterocycles. The molecule has 0 fully saturated rings. The van der Waals surface area contributed by atoms with E-state index >= 15 is 0 Å². The monoisotopic (exact) mass is 201 g/mol. The van der Waals surface area contributed by atoms with Crippen LogP contribution < -0.4 is 5.48 Å². The van der Waals surface area contributed by atoms with E-state index in [0.29, 0.717) is 0 Å². The maximum absolute atomic E-state index is 4.73. The fourth-order valence-electron chi connectivity index (χ4n) is 0.654. The number of hydrogen-bond acceptors (Lipinski definition) is 2. The quantitative estimate of drug-likeness (QED) is 0.743. The van der Waals surface area contributed by atoms with Gasteiger partial charge in [-0.05, 0) is 28.1 Å². The predicted molar refractivity (Wildman–Crippen MR) is 44.8 cm³/mol. The highest BCUT2D eigenvalue weighted by Gasteiger charge is 1.93. The third-order valence-electron chi connectivity index (χ3n) is 1.09. The summed E-state index contributed by atoms with van der Waals surface area (Å²) in [4.78, 5) is 4.73. The smallest absolute Gasteiger partial charge is 0.0746 e. The molecule has 1 rings (SSSR count). The minimum atomic E-state index is 0.935. The third kappa shape index (κ3) is 1.72. The van der Waals surface area contributed by atoms with E-state index in [1.807, 2.05) is 24.3 Å². The molecule has 1 aromatic carbocycles. The van der Waals surface area contributed by atoms with Gasteiger partial charge in [-0.1, -0.05) is 12.1 Å². The second-order valence-electron chi connectivity index (χ2n) is 1.79. The zero-order valence-electron chi connectivity index (χ0n) is 5.60. The van der Waals surface area contributed by atoms with E-state index < -0.39 is 0 Å². The topological polar surface area (TPSA) is 21.3 Å². The van der Waals surface area contributed by atoms with Crippen LogP contribution in [-0.2, 0) is 4.84 Å². The lowest BCUT2D eigenvalue weighted by Crippen LogP contribution is -1.95. The summed E-state index contributed by atoms with van der Waals surface area (Å²) >= 11 is 3.35. The summed E-state index contributed by atoms with van der Waals surface area (Å²) < 4.78 is 0.997. The zero-order valence-corrected chi connectivity index (χ0v) is 7.18. The summed E-state index contributed by atoms with van der Waals surface area (Å²) in [6.07, 6.45) is 0. The van der Waals surface area contributed by atoms with Crippen LogP contribution in [0.1, 0.15) is 0 Å². The van der Waals surface area contributed by atoms with Gasteiger partial charge in [-0.25, -0.2) is 0 Å². The normalized spacial score (nSPS) is 9.40. The Morgan fingerprint density at radius 2 is 2.10 bits per heavy atom. The zero-order chi connectivity index (χ0) is 7.40. The van der Waals surface area contributed by atoms with Gasteiger partial charge in [-0.3, -0.25) is 10.3 Å². The van der Waals surface area contributed by atoms with Crippen molar-refractivity contribution in [1.82, 2.24) is 0 Å². The Kier molecular flexibility index (Phi) is 2.71. The van der Waals surface area contributed by atoms with Crippen LogP contribution in [0.15, 0.2) is 28.7 Å². The van der Waals surface area contributed by atoms with E-state index in [1.54, 1.807) is 7.11 Å². The SMILES string of the molecule is CONc1ccccc1Br. The molecule has 0 unspecified atom stereocenters. The number of rotatable bonds is 2. The van der Waals surface area contributed by atoms with E-state index in [0.717, 1.165) is 10.2 Å². The molecule has 0 aliphatic rings. The van der Waals surface area contributed by atoms with Crippen molar-refractivity contribution in [3.8, 4) is 0 Å². The van der Waals surface area contributed by atoms with Gasteiger partial charge in [0.05, 0.1) is 12.8 Å². The van der Waals surface area contributed by atoms with Crippen molar-refractivity contribution >= 4 is 21.6 Å². The summed E-state index contributed by atoms with van der Waals surface area (Å²) in [7, 11) is 1.58. The lowest BCUT2D eigenvalue weighted by Gasteiger charge is -2.03. The molecule has 1 aromatic rings. The van der Waals surface area contributed by atoms with Crippen molar-refractivity contribution in [3.63, 3.8) is 0 Å². The van der Waals surface area contributed by atoms with Crippen molar-refractivity contribution < 1.29 is 4.84 Å². The first-order valence-corrected chi connectivity index (χ1v) is 3.67. The molecule has 0 saturated carbocycles. The molecule has 2 nitrogen and oxygen atoms in total. The van der Waals surface area contributed by atoms with Gasteiger partial charge in [0.15, 0.2) is 0 Å².